The van der Waals surface area contributed by atoms with Crippen molar-refractivity contribution in [3.8, 4) is 0 Å². The molecule has 4 heteroatoms. The zero-order valence-corrected chi connectivity index (χ0v) is 13.9. The Morgan fingerprint density at radius 2 is 2.00 bits per heavy atom. The van der Waals surface area contributed by atoms with Crippen molar-refractivity contribution in [1.29, 1.82) is 0 Å². The van der Waals surface area contributed by atoms with Crippen LogP contribution in [-0.2, 0) is 4.79 Å². The lowest BCUT2D eigenvalue weighted by molar-refractivity contribution is -0.133. The van der Waals surface area contributed by atoms with Crippen LogP contribution >= 0.6 is 11.8 Å². The van der Waals surface area contributed by atoms with Gasteiger partial charge in [0.1, 0.15) is 0 Å². The Morgan fingerprint density at radius 3 is 2.50 bits per heavy atom. The number of carbonyl (C=O) groups is 1. The first-order chi connectivity index (χ1) is 9.53. The molecule has 2 unspecified atom stereocenters. The highest BCUT2D eigenvalue weighted by Gasteiger charge is 2.53. The van der Waals surface area contributed by atoms with Crippen LogP contribution in [0, 0.1) is 5.92 Å². The van der Waals surface area contributed by atoms with Crippen LogP contribution in [0.1, 0.15) is 58.8 Å². The Bertz CT molecular complexity index is 390. The summed E-state index contributed by atoms with van der Waals surface area (Å²) in [7, 11) is 0. The fourth-order valence-electron chi connectivity index (χ4n) is 3.85. The lowest BCUT2D eigenvalue weighted by atomic mass is 9.99. The van der Waals surface area contributed by atoms with Crippen molar-refractivity contribution in [3.05, 3.63) is 0 Å². The molecule has 1 amide bonds. The Morgan fingerprint density at radius 1 is 1.35 bits per heavy atom. The summed E-state index contributed by atoms with van der Waals surface area (Å²) in [5.74, 6) is 1.02. The van der Waals surface area contributed by atoms with Crippen molar-refractivity contribution in [2.45, 2.75) is 75.2 Å². The molecule has 0 aromatic heterocycles. The summed E-state index contributed by atoms with van der Waals surface area (Å²) in [5, 5.41) is 3.70. The molecular weight excluding hydrogens is 268 g/mol. The first-order valence-electron chi connectivity index (χ1n) is 8.17. The molecule has 0 aromatic rings. The summed E-state index contributed by atoms with van der Waals surface area (Å²) in [6.07, 6.45) is 11.2. The number of hydrogen-bond donors (Lipinski definition) is 1. The molecule has 1 saturated heterocycles. The van der Waals surface area contributed by atoms with Crippen LogP contribution in [0.3, 0.4) is 0 Å². The summed E-state index contributed by atoms with van der Waals surface area (Å²) in [6.45, 7) is 5.17. The molecule has 20 heavy (non-hydrogen) atoms. The predicted molar refractivity (Wildman–Crippen MR) is 84.8 cm³/mol. The average Bonchev–Trinajstić information content (AvgIpc) is 2.93. The maximum atomic E-state index is 12.9. The molecule has 0 spiro atoms. The molecule has 3 nitrogen and oxygen atoms in total. The van der Waals surface area contributed by atoms with Gasteiger partial charge < -0.3 is 4.90 Å². The smallest absolute Gasteiger partial charge is 0.243 e. The number of hydrogen-bond acceptors (Lipinski definition) is 3. The van der Waals surface area contributed by atoms with Gasteiger partial charge in [-0.15, -0.1) is 0 Å². The topological polar surface area (TPSA) is 32.3 Å². The van der Waals surface area contributed by atoms with Crippen molar-refractivity contribution in [2.24, 2.45) is 5.92 Å². The van der Waals surface area contributed by atoms with E-state index in [9.17, 15) is 4.79 Å². The van der Waals surface area contributed by atoms with Crippen molar-refractivity contribution >= 4 is 17.7 Å². The average molecular weight is 296 g/mol. The van der Waals surface area contributed by atoms with Gasteiger partial charge in [-0.1, -0.05) is 19.8 Å². The Labute approximate surface area is 127 Å². The third kappa shape index (κ3) is 2.39. The van der Waals surface area contributed by atoms with Gasteiger partial charge >= 0.3 is 0 Å². The molecule has 114 valence electrons. The lowest BCUT2D eigenvalue weighted by Gasteiger charge is -2.31. The summed E-state index contributed by atoms with van der Waals surface area (Å²) >= 11 is 1.96. The van der Waals surface area contributed by atoms with E-state index in [1.165, 1.54) is 38.5 Å². The normalized spacial score (nSPS) is 36.9. The zero-order chi connectivity index (χ0) is 14.4. The minimum atomic E-state index is -0.332. The van der Waals surface area contributed by atoms with Crippen LogP contribution in [0.2, 0.25) is 0 Å². The van der Waals surface area contributed by atoms with E-state index in [0.29, 0.717) is 22.7 Å². The van der Waals surface area contributed by atoms with E-state index in [1.54, 1.807) is 0 Å². The predicted octanol–water partition coefficient (Wildman–Crippen LogP) is 3.00. The molecule has 0 aromatic carbocycles. The van der Waals surface area contributed by atoms with Crippen molar-refractivity contribution in [3.63, 3.8) is 0 Å². The first-order valence-corrected chi connectivity index (χ1v) is 9.40. The second kappa shape index (κ2) is 5.20. The SMILES string of the molecule is CCC1(C)NC(C2CCCC2)N(CC2(SC)CC2)C1=O. The second-order valence-electron chi connectivity index (χ2n) is 7.14. The number of nitrogens with zero attached hydrogens (tertiary/aromatic N) is 1. The van der Waals surface area contributed by atoms with Gasteiger partial charge in [0.05, 0.1) is 11.7 Å². The lowest BCUT2D eigenvalue weighted by Crippen LogP contribution is -2.46. The van der Waals surface area contributed by atoms with E-state index >= 15 is 0 Å². The third-order valence-electron chi connectivity index (χ3n) is 5.79. The van der Waals surface area contributed by atoms with E-state index in [-0.39, 0.29) is 5.54 Å². The Hall–Kier alpha value is -0.220. The van der Waals surface area contributed by atoms with E-state index in [1.807, 2.05) is 11.8 Å². The number of rotatable bonds is 5. The number of carbonyl (C=O) groups excluding carboxylic acids is 1. The second-order valence-corrected chi connectivity index (χ2v) is 8.41. The van der Waals surface area contributed by atoms with Gasteiger partial charge in [0.2, 0.25) is 5.91 Å². The molecule has 1 aliphatic heterocycles. The molecule has 1 N–H and O–H groups in total. The molecule has 0 bridgehead atoms. The van der Waals surface area contributed by atoms with Gasteiger partial charge in [0.15, 0.2) is 0 Å². The largest absolute Gasteiger partial charge is 0.324 e. The molecule has 2 saturated carbocycles. The van der Waals surface area contributed by atoms with Crippen LogP contribution in [0.5, 0.6) is 0 Å². The third-order valence-corrected chi connectivity index (χ3v) is 7.19. The van der Waals surface area contributed by atoms with Crippen LogP contribution in [0.25, 0.3) is 0 Å². The summed E-state index contributed by atoms with van der Waals surface area (Å²) < 4.78 is 0.368. The highest BCUT2D eigenvalue weighted by Crippen LogP contribution is 2.49. The number of nitrogens with one attached hydrogen (secondary N) is 1. The molecule has 1 heterocycles. The Kier molecular flexibility index (Phi) is 3.83. The van der Waals surface area contributed by atoms with E-state index in [0.717, 1.165) is 13.0 Å². The van der Waals surface area contributed by atoms with Crippen LogP contribution in [0.4, 0.5) is 0 Å². The minimum Gasteiger partial charge on any atom is -0.324 e. The molecule has 2 aliphatic carbocycles. The molecule has 3 fully saturated rings. The minimum absolute atomic E-state index is 0.291. The van der Waals surface area contributed by atoms with Crippen molar-refractivity contribution in [1.82, 2.24) is 10.2 Å². The maximum absolute atomic E-state index is 12.9. The van der Waals surface area contributed by atoms with E-state index < -0.39 is 0 Å². The standard InChI is InChI=1S/C16H28N2OS/c1-4-15(2)14(19)18(11-16(20-3)9-10-16)13(17-15)12-7-5-6-8-12/h12-13,17H,4-11H2,1-3H3. The quantitative estimate of drug-likeness (QED) is 0.846. The highest BCUT2D eigenvalue weighted by molar-refractivity contribution is 8.00. The monoisotopic (exact) mass is 296 g/mol. The van der Waals surface area contributed by atoms with Crippen molar-refractivity contribution in [2.75, 3.05) is 12.8 Å². The van der Waals surface area contributed by atoms with Gasteiger partial charge in [0, 0.05) is 11.3 Å². The highest BCUT2D eigenvalue weighted by atomic mass is 32.2. The zero-order valence-electron chi connectivity index (χ0n) is 13.1. The van der Waals surface area contributed by atoms with Crippen LogP contribution < -0.4 is 5.32 Å². The van der Waals surface area contributed by atoms with Crippen LogP contribution in [0.15, 0.2) is 0 Å². The van der Waals surface area contributed by atoms with Crippen molar-refractivity contribution < 1.29 is 4.79 Å². The van der Waals surface area contributed by atoms with Gasteiger partial charge in [-0.2, -0.15) is 11.8 Å². The fourth-order valence-corrected chi connectivity index (χ4v) is 4.63. The number of thioether (sulfide) groups is 1. The van der Waals surface area contributed by atoms with Crippen LogP contribution in [-0.4, -0.2) is 40.1 Å². The fraction of sp³-hybridized carbons (Fsp3) is 0.938. The molecule has 3 rings (SSSR count). The van der Waals surface area contributed by atoms with Gasteiger partial charge in [0.25, 0.3) is 0 Å². The van der Waals surface area contributed by atoms with Gasteiger partial charge in [-0.05, 0) is 51.2 Å². The van der Waals surface area contributed by atoms with Gasteiger partial charge in [-0.25, -0.2) is 0 Å². The molecule has 2 atom stereocenters. The Balaban J connectivity index is 1.80. The first kappa shape index (κ1) is 14.7. The van der Waals surface area contributed by atoms with Gasteiger partial charge in [-0.3, -0.25) is 10.1 Å². The summed E-state index contributed by atoms with van der Waals surface area (Å²) in [6, 6.07) is 0. The summed E-state index contributed by atoms with van der Waals surface area (Å²) in [4.78, 5) is 15.1. The maximum Gasteiger partial charge on any atom is 0.243 e. The molecule has 0 radical (unpaired) electrons. The molecular formula is C16H28N2OS. The van der Waals surface area contributed by atoms with E-state index in [2.05, 4.69) is 30.3 Å². The van der Waals surface area contributed by atoms with E-state index in [4.69, 9.17) is 0 Å². The molecule has 3 aliphatic rings. The summed E-state index contributed by atoms with van der Waals surface area (Å²) in [5.41, 5.74) is -0.332. The number of amides is 1.